The molecular weight excluding hydrogens is 797 g/mol. The molecule has 0 atom stereocenters. The highest BCUT2D eigenvalue weighted by Gasteiger charge is 2.18. The number of nitrogens with zero attached hydrogens (tertiary/aromatic N) is 6. The summed E-state index contributed by atoms with van der Waals surface area (Å²) < 4.78 is 11.2. The molecular formula is C58H36N6O. The van der Waals surface area contributed by atoms with Gasteiger partial charge in [0.1, 0.15) is 5.52 Å². The van der Waals surface area contributed by atoms with Crippen LogP contribution in [-0.2, 0) is 0 Å². The summed E-state index contributed by atoms with van der Waals surface area (Å²) in [5.41, 5.74) is 14.2. The van der Waals surface area contributed by atoms with E-state index in [9.17, 15) is 0 Å². The Morgan fingerprint density at radius 1 is 0.292 bits per heavy atom. The highest BCUT2D eigenvalue weighted by Crippen LogP contribution is 2.39. The molecule has 304 valence electrons. The standard InChI is InChI=1S/C58H36N6O/c1-4-14-37(15-5-1)55-60-56(38-16-6-2-7-17-38)62-57(61-55)42-26-31-49-54(36-42)65-58(59-49)39-24-29-44(30-25-39)64-51-23-13-11-21-46(51)48-35-41(28-33-53(48)64)40-27-32-52-47(34-40)45-20-10-12-22-50(45)63(52)43-18-8-3-9-19-43/h1-36H. The van der Waals surface area contributed by atoms with Crippen molar-refractivity contribution < 1.29 is 4.42 Å². The third-order valence-electron chi connectivity index (χ3n) is 12.4. The number of benzene rings is 9. The largest absolute Gasteiger partial charge is 0.436 e. The van der Waals surface area contributed by atoms with Crippen LogP contribution in [0.1, 0.15) is 0 Å². The van der Waals surface area contributed by atoms with Gasteiger partial charge in [0, 0.05) is 55.2 Å². The minimum atomic E-state index is 0.546. The van der Waals surface area contributed by atoms with Crippen molar-refractivity contribution >= 4 is 54.7 Å². The quantitative estimate of drug-likeness (QED) is 0.160. The zero-order valence-corrected chi connectivity index (χ0v) is 34.9. The molecule has 0 fully saturated rings. The molecule has 0 aliphatic carbocycles. The Balaban J connectivity index is 0.847. The minimum Gasteiger partial charge on any atom is -0.436 e. The topological polar surface area (TPSA) is 74.6 Å². The number of rotatable bonds is 7. The SMILES string of the molecule is c1ccc(-c2nc(-c3ccccc3)nc(-c3ccc4nc(-c5ccc(-n6c7ccccc7c7cc(-c8ccc9c(c8)c8ccccc8n9-c8ccccc8)ccc76)cc5)oc4c3)n2)cc1. The summed E-state index contributed by atoms with van der Waals surface area (Å²) in [5, 5.41) is 4.89. The molecule has 13 rings (SSSR count). The van der Waals surface area contributed by atoms with E-state index in [4.69, 9.17) is 24.4 Å². The summed E-state index contributed by atoms with van der Waals surface area (Å²) in [6, 6.07) is 76.0. The normalized spacial score (nSPS) is 11.7. The third kappa shape index (κ3) is 6.20. The Bertz CT molecular complexity index is 3870. The van der Waals surface area contributed by atoms with Crippen LogP contribution in [0, 0.1) is 0 Å². The molecule has 0 saturated heterocycles. The molecule has 4 heterocycles. The van der Waals surface area contributed by atoms with Crippen LogP contribution in [0.25, 0.3) is 123 Å². The molecule has 65 heavy (non-hydrogen) atoms. The highest BCUT2D eigenvalue weighted by atomic mass is 16.3. The van der Waals surface area contributed by atoms with Gasteiger partial charge >= 0.3 is 0 Å². The van der Waals surface area contributed by atoms with E-state index in [-0.39, 0.29) is 0 Å². The summed E-state index contributed by atoms with van der Waals surface area (Å²) in [6.45, 7) is 0. The number of para-hydroxylation sites is 3. The summed E-state index contributed by atoms with van der Waals surface area (Å²) in [7, 11) is 0. The first kappa shape index (κ1) is 36.7. The van der Waals surface area contributed by atoms with Crippen molar-refractivity contribution in [3.63, 3.8) is 0 Å². The molecule has 0 bridgehead atoms. The van der Waals surface area contributed by atoms with Crippen LogP contribution < -0.4 is 0 Å². The van der Waals surface area contributed by atoms with Gasteiger partial charge < -0.3 is 13.6 Å². The molecule has 0 unspecified atom stereocenters. The molecule has 4 aromatic heterocycles. The maximum atomic E-state index is 6.46. The molecule has 9 aromatic carbocycles. The van der Waals surface area contributed by atoms with Crippen LogP contribution in [0.3, 0.4) is 0 Å². The fraction of sp³-hybridized carbons (Fsp3) is 0. The lowest BCUT2D eigenvalue weighted by molar-refractivity contribution is 0.620. The Morgan fingerprint density at radius 2 is 0.723 bits per heavy atom. The van der Waals surface area contributed by atoms with Gasteiger partial charge in [-0.25, -0.2) is 19.9 Å². The Kier molecular flexibility index (Phi) is 8.39. The lowest BCUT2D eigenvalue weighted by atomic mass is 10.0. The van der Waals surface area contributed by atoms with Crippen LogP contribution in [0.5, 0.6) is 0 Å². The number of aromatic nitrogens is 6. The van der Waals surface area contributed by atoms with E-state index in [1.807, 2.05) is 78.9 Å². The molecule has 0 aliphatic rings. The third-order valence-corrected chi connectivity index (χ3v) is 12.4. The summed E-state index contributed by atoms with van der Waals surface area (Å²) in [6.07, 6.45) is 0. The molecule has 13 aromatic rings. The molecule has 7 nitrogen and oxygen atoms in total. The number of oxazole rings is 1. The first-order chi connectivity index (χ1) is 32.2. The number of hydrogen-bond donors (Lipinski definition) is 0. The van der Waals surface area contributed by atoms with E-state index >= 15 is 0 Å². The van der Waals surface area contributed by atoms with Crippen LogP contribution in [-0.4, -0.2) is 29.1 Å². The fourth-order valence-electron chi connectivity index (χ4n) is 9.32. The lowest BCUT2D eigenvalue weighted by Crippen LogP contribution is -2.00. The monoisotopic (exact) mass is 832 g/mol. The van der Waals surface area contributed by atoms with E-state index in [1.54, 1.807) is 0 Å². The van der Waals surface area contributed by atoms with Gasteiger partial charge in [0.15, 0.2) is 23.1 Å². The Morgan fingerprint density at radius 3 is 1.28 bits per heavy atom. The Hall–Kier alpha value is -8.94. The summed E-state index contributed by atoms with van der Waals surface area (Å²) in [4.78, 5) is 19.6. The van der Waals surface area contributed by atoms with Gasteiger partial charge in [0.05, 0.1) is 22.1 Å². The van der Waals surface area contributed by atoms with Crippen LogP contribution >= 0.6 is 0 Å². The Labute approximate surface area is 373 Å². The van der Waals surface area contributed by atoms with Crippen molar-refractivity contribution in [3.05, 3.63) is 218 Å². The molecule has 0 spiro atoms. The van der Waals surface area contributed by atoms with E-state index in [2.05, 4.69) is 149 Å². The van der Waals surface area contributed by atoms with Gasteiger partial charge in [0.2, 0.25) is 5.89 Å². The molecule has 7 heteroatoms. The van der Waals surface area contributed by atoms with Gasteiger partial charge in [-0.3, -0.25) is 0 Å². The second kappa shape index (κ2) is 14.9. The predicted octanol–water partition coefficient (Wildman–Crippen LogP) is 14.5. The molecule has 0 N–H and O–H groups in total. The molecule has 0 amide bonds. The average Bonchev–Trinajstić information content (AvgIpc) is 4.07. The van der Waals surface area contributed by atoms with Crippen LogP contribution in [0.15, 0.2) is 223 Å². The fourth-order valence-corrected chi connectivity index (χ4v) is 9.32. The van der Waals surface area contributed by atoms with Gasteiger partial charge in [-0.2, -0.15) is 0 Å². The van der Waals surface area contributed by atoms with Crippen molar-refractivity contribution in [1.29, 1.82) is 0 Å². The van der Waals surface area contributed by atoms with Crippen molar-refractivity contribution in [3.8, 4) is 68.1 Å². The van der Waals surface area contributed by atoms with Gasteiger partial charge in [0.25, 0.3) is 0 Å². The number of hydrogen-bond acceptors (Lipinski definition) is 5. The van der Waals surface area contributed by atoms with Gasteiger partial charge in [-0.05, 0) is 102 Å². The number of fused-ring (bicyclic) bond motifs is 7. The predicted molar refractivity (Wildman–Crippen MR) is 263 cm³/mol. The minimum absolute atomic E-state index is 0.546. The zero-order valence-electron chi connectivity index (χ0n) is 34.9. The maximum absolute atomic E-state index is 6.46. The van der Waals surface area contributed by atoms with Crippen molar-refractivity contribution in [2.24, 2.45) is 0 Å². The van der Waals surface area contributed by atoms with E-state index < -0.39 is 0 Å². The summed E-state index contributed by atoms with van der Waals surface area (Å²) >= 11 is 0. The van der Waals surface area contributed by atoms with Crippen LogP contribution in [0.2, 0.25) is 0 Å². The molecule has 0 radical (unpaired) electrons. The first-order valence-corrected chi connectivity index (χ1v) is 21.7. The molecule has 0 aliphatic heterocycles. The van der Waals surface area contributed by atoms with Gasteiger partial charge in [-0.15, -0.1) is 0 Å². The van der Waals surface area contributed by atoms with E-state index in [1.165, 1.54) is 43.7 Å². The lowest BCUT2D eigenvalue weighted by Gasteiger charge is -2.10. The van der Waals surface area contributed by atoms with Crippen LogP contribution in [0.4, 0.5) is 0 Å². The second-order valence-corrected chi connectivity index (χ2v) is 16.3. The van der Waals surface area contributed by atoms with Crippen molar-refractivity contribution in [1.82, 2.24) is 29.1 Å². The average molecular weight is 833 g/mol. The van der Waals surface area contributed by atoms with Gasteiger partial charge in [-0.1, -0.05) is 127 Å². The zero-order chi connectivity index (χ0) is 42.8. The first-order valence-electron chi connectivity index (χ1n) is 21.7. The van der Waals surface area contributed by atoms with E-state index in [0.717, 1.165) is 50.2 Å². The van der Waals surface area contributed by atoms with Crippen molar-refractivity contribution in [2.45, 2.75) is 0 Å². The summed E-state index contributed by atoms with van der Waals surface area (Å²) in [5.74, 6) is 2.33. The second-order valence-electron chi connectivity index (χ2n) is 16.3. The smallest absolute Gasteiger partial charge is 0.227 e. The molecule has 0 saturated carbocycles. The highest BCUT2D eigenvalue weighted by molar-refractivity contribution is 6.12. The maximum Gasteiger partial charge on any atom is 0.227 e. The van der Waals surface area contributed by atoms with E-state index in [0.29, 0.717) is 28.9 Å². The van der Waals surface area contributed by atoms with Crippen molar-refractivity contribution in [2.75, 3.05) is 0 Å².